The van der Waals surface area contributed by atoms with E-state index in [2.05, 4.69) is 34.3 Å². The van der Waals surface area contributed by atoms with Crippen LogP contribution in [0.15, 0.2) is 75.4 Å². The molecule has 10 heteroatoms. The van der Waals surface area contributed by atoms with Crippen LogP contribution in [0.3, 0.4) is 0 Å². The highest BCUT2D eigenvalue weighted by Crippen LogP contribution is 2.31. The molecule has 40 heavy (non-hydrogen) atoms. The molecule has 0 spiro atoms. The largest absolute Gasteiger partial charge is 0.493 e. The molecule has 210 valence electrons. The van der Waals surface area contributed by atoms with Gasteiger partial charge in [-0.05, 0) is 57.3 Å². The molecule has 1 aromatic heterocycles. The molecule has 3 aromatic rings. The van der Waals surface area contributed by atoms with Crippen molar-refractivity contribution in [3.8, 4) is 17.0 Å². The predicted molar refractivity (Wildman–Crippen MR) is 163 cm³/mol. The zero-order chi connectivity index (χ0) is 29.1. The Hall–Kier alpha value is -4.31. The number of amides is 2. The summed E-state index contributed by atoms with van der Waals surface area (Å²) >= 11 is 1.33. The summed E-state index contributed by atoms with van der Waals surface area (Å²) in [6, 6.07) is 14.6. The number of amidine groups is 1. The van der Waals surface area contributed by atoms with E-state index in [1.807, 2.05) is 62.5 Å². The van der Waals surface area contributed by atoms with Gasteiger partial charge in [-0.2, -0.15) is 5.10 Å². The first kappa shape index (κ1) is 30.2. The van der Waals surface area contributed by atoms with Crippen LogP contribution in [0.4, 0.5) is 5.13 Å². The van der Waals surface area contributed by atoms with Crippen LogP contribution >= 0.6 is 11.3 Å². The van der Waals surface area contributed by atoms with Gasteiger partial charge in [-0.25, -0.2) is 4.98 Å². The van der Waals surface area contributed by atoms with Crippen molar-refractivity contribution in [2.45, 2.75) is 47.5 Å². The van der Waals surface area contributed by atoms with E-state index in [-0.39, 0.29) is 11.8 Å². The van der Waals surface area contributed by atoms with Gasteiger partial charge in [-0.3, -0.25) is 24.9 Å². The van der Waals surface area contributed by atoms with E-state index in [1.54, 1.807) is 24.1 Å². The van der Waals surface area contributed by atoms with Crippen molar-refractivity contribution in [2.75, 3.05) is 18.5 Å². The summed E-state index contributed by atoms with van der Waals surface area (Å²) in [6.45, 7) is 14.3. The maximum atomic E-state index is 13.1. The van der Waals surface area contributed by atoms with Crippen molar-refractivity contribution >= 4 is 40.8 Å². The molecular weight excluding hydrogens is 524 g/mol. The van der Waals surface area contributed by atoms with Gasteiger partial charge >= 0.3 is 0 Å². The van der Waals surface area contributed by atoms with Gasteiger partial charge in [0.25, 0.3) is 11.8 Å². The molecule has 0 unspecified atom stereocenters. The van der Waals surface area contributed by atoms with E-state index in [4.69, 9.17) is 9.84 Å². The number of anilines is 1. The van der Waals surface area contributed by atoms with Gasteiger partial charge in [0, 0.05) is 23.1 Å². The number of carbonyl (C=O) groups excluding carboxylic acids is 2. The lowest BCUT2D eigenvalue weighted by Gasteiger charge is -2.29. The van der Waals surface area contributed by atoms with Crippen molar-refractivity contribution in [2.24, 2.45) is 10.1 Å². The van der Waals surface area contributed by atoms with Gasteiger partial charge < -0.3 is 10.1 Å². The fraction of sp³-hybridized carbons (Fsp3) is 0.300. The van der Waals surface area contributed by atoms with Gasteiger partial charge in [0.15, 0.2) is 11.0 Å². The maximum absolute atomic E-state index is 13.1. The number of aliphatic imine (C=N–C) groups is 1. The summed E-state index contributed by atoms with van der Waals surface area (Å²) in [5.41, 5.74) is 3.55. The zero-order valence-corrected chi connectivity index (χ0v) is 24.5. The number of unbranched alkanes of at least 4 members (excludes halogenated alkanes) is 1. The lowest BCUT2D eigenvalue weighted by Crippen LogP contribution is -2.44. The third kappa shape index (κ3) is 7.20. The predicted octanol–water partition coefficient (Wildman–Crippen LogP) is 6.31. The number of hydrogen-bond acceptors (Lipinski definition) is 8. The average molecular weight is 561 g/mol. The fourth-order valence-corrected chi connectivity index (χ4v) is 4.59. The molecule has 1 aliphatic rings. The highest BCUT2D eigenvalue weighted by atomic mass is 32.1. The number of benzene rings is 2. The van der Waals surface area contributed by atoms with Gasteiger partial charge in [0.05, 0.1) is 23.6 Å². The monoisotopic (exact) mass is 560 g/mol. The van der Waals surface area contributed by atoms with Gasteiger partial charge in [0.1, 0.15) is 11.4 Å². The Kier molecular flexibility index (Phi) is 11.1. The Balaban J connectivity index is 0.00000216. The third-order valence-electron chi connectivity index (χ3n) is 5.82. The first-order chi connectivity index (χ1) is 19.4. The number of hydrogen-bond donors (Lipinski definition) is 2. The molecule has 2 N–H and O–H groups in total. The van der Waals surface area contributed by atoms with E-state index in [1.165, 1.54) is 11.3 Å². The molecule has 0 aliphatic carbocycles. The van der Waals surface area contributed by atoms with Gasteiger partial charge in [-0.15, -0.1) is 11.3 Å². The summed E-state index contributed by atoms with van der Waals surface area (Å²) in [7, 11) is 0. The second-order valence-electron chi connectivity index (χ2n) is 8.47. The number of ether oxygens (including phenoxy) is 1. The molecule has 9 nitrogen and oxygen atoms in total. The van der Waals surface area contributed by atoms with Gasteiger partial charge in [-0.1, -0.05) is 45.4 Å². The summed E-state index contributed by atoms with van der Waals surface area (Å²) < 4.78 is 5.87. The lowest BCUT2D eigenvalue weighted by molar-refractivity contribution is -0.118. The van der Waals surface area contributed by atoms with E-state index >= 15 is 0 Å². The Bertz CT molecular complexity index is 1400. The zero-order valence-electron chi connectivity index (χ0n) is 23.7. The molecule has 2 heterocycles. The standard InChI is InChI=1S/C28H30N6O3S.C2H6/c1-5-7-15-34-24(18(3)29-4)27(36)31-25(33-34)21-16-20(13-14-23(21)37-6-2)22-17-38-28(30-22)32-26(35)19-11-9-8-10-12-19;1-2/h8-14,16-17H,4-7,15H2,1-3H3,(H,30,32,35)(H,31,33,36);1-2H3/b24-18-;. The molecule has 0 fully saturated rings. The van der Waals surface area contributed by atoms with Crippen LogP contribution in [0.2, 0.25) is 0 Å². The molecular formula is C30H36N6O3S. The second-order valence-corrected chi connectivity index (χ2v) is 9.33. The summed E-state index contributed by atoms with van der Waals surface area (Å²) in [5.74, 6) is 0.441. The maximum Gasteiger partial charge on any atom is 0.276 e. The topological polar surface area (TPSA) is 108 Å². The molecule has 0 saturated heterocycles. The molecule has 0 atom stereocenters. The van der Waals surface area contributed by atoms with E-state index in [0.29, 0.717) is 58.1 Å². The Morgan fingerprint density at radius 2 is 1.93 bits per heavy atom. The quantitative estimate of drug-likeness (QED) is 0.223. The summed E-state index contributed by atoms with van der Waals surface area (Å²) in [5, 5.41) is 14.6. The number of nitrogens with zero attached hydrogens (tertiary/aromatic N) is 4. The third-order valence-corrected chi connectivity index (χ3v) is 6.58. The Morgan fingerprint density at radius 3 is 2.60 bits per heavy atom. The number of carbonyl (C=O) groups is 2. The lowest BCUT2D eigenvalue weighted by atomic mass is 10.1. The first-order valence-electron chi connectivity index (χ1n) is 13.4. The number of allylic oxidation sites excluding steroid dienone is 1. The van der Waals surface area contributed by atoms with Crippen LogP contribution in [0.25, 0.3) is 11.3 Å². The minimum Gasteiger partial charge on any atom is -0.493 e. The van der Waals surface area contributed by atoms with E-state index in [9.17, 15) is 9.59 Å². The molecule has 2 aromatic carbocycles. The van der Waals surface area contributed by atoms with Crippen molar-refractivity contribution in [1.29, 1.82) is 0 Å². The number of thiazole rings is 1. The molecule has 0 bridgehead atoms. The SMILES string of the molecule is C=N/C(C)=C1/C(=O)NC(c2cc(-c3csc(NC(=O)c4ccccc4)n3)ccc2OCC)=NN1CCCC.CC. The smallest absolute Gasteiger partial charge is 0.276 e. The highest BCUT2D eigenvalue weighted by Gasteiger charge is 2.29. The number of nitrogens with one attached hydrogen (secondary N) is 2. The van der Waals surface area contributed by atoms with Crippen LogP contribution < -0.4 is 15.4 Å². The Morgan fingerprint density at radius 1 is 1.18 bits per heavy atom. The molecule has 1 aliphatic heterocycles. The van der Waals surface area contributed by atoms with Crippen molar-refractivity contribution in [1.82, 2.24) is 15.3 Å². The van der Waals surface area contributed by atoms with Crippen LogP contribution in [-0.4, -0.2) is 47.5 Å². The molecule has 0 radical (unpaired) electrons. The second kappa shape index (κ2) is 14.7. The Labute approximate surface area is 239 Å². The fourth-order valence-electron chi connectivity index (χ4n) is 3.87. The van der Waals surface area contributed by atoms with Crippen LogP contribution in [0.5, 0.6) is 5.75 Å². The van der Waals surface area contributed by atoms with Crippen molar-refractivity contribution in [3.63, 3.8) is 0 Å². The summed E-state index contributed by atoms with van der Waals surface area (Å²) in [6.07, 6.45) is 1.80. The number of hydrazone groups is 1. The summed E-state index contributed by atoms with van der Waals surface area (Å²) in [4.78, 5) is 34.2. The molecule has 0 saturated carbocycles. The van der Waals surface area contributed by atoms with Crippen molar-refractivity contribution in [3.05, 3.63) is 76.4 Å². The normalized spacial score (nSPS) is 13.9. The minimum absolute atomic E-state index is 0.224. The van der Waals surface area contributed by atoms with E-state index in [0.717, 1.165) is 18.4 Å². The van der Waals surface area contributed by atoms with Crippen LogP contribution in [0.1, 0.15) is 63.4 Å². The highest BCUT2D eigenvalue weighted by molar-refractivity contribution is 7.14. The molecule has 2 amide bonds. The minimum atomic E-state index is -0.302. The van der Waals surface area contributed by atoms with Crippen LogP contribution in [0, 0.1) is 0 Å². The number of rotatable bonds is 10. The van der Waals surface area contributed by atoms with Gasteiger partial charge in [0.2, 0.25) is 0 Å². The van der Waals surface area contributed by atoms with E-state index < -0.39 is 0 Å². The van der Waals surface area contributed by atoms with Crippen molar-refractivity contribution < 1.29 is 14.3 Å². The average Bonchev–Trinajstić information content (AvgIpc) is 3.45. The molecule has 4 rings (SSSR count). The number of aromatic nitrogens is 1. The van der Waals surface area contributed by atoms with Crippen LogP contribution in [-0.2, 0) is 4.79 Å². The first-order valence-corrected chi connectivity index (χ1v) is 14.3.